The van der Waals surface area contributed by atoms with E-state index in [1.807, 2.05) is 0 Å². The van der Waals surface area contributed by atoms with Gasteiger partial charge in [0.15, 0.2) is 11.6 Å². The molecule has 3 atom stereocenters. The van der Waals surface area contributed by atoms with Gasteiger partial charge in [0.2, 0.25) is 10.0 Å². The molecule has 3 N–H and O–H groups in total. The van der Waals surface area contributed by atoms with Crippen LogP contribution < -0.4 is 24.8 Å². The van der Waals surface area contributed by atoms with Crippen LogP contribution in [0.4, 0.5) is 25.1 Å². The first-order valence-electron chi connectivity index (χ1n) is 10.6. The van der Waals surface area contributed by atoms with Gasteiger partial charge in [0.25, 0.3) is 0 Å². The largest absolute Gasteiger partial charge is 0.490 e. The molecule has 1 aliphatic carbocycles. The normalized spacial score (nSPS) is 20.0. The molecule has 0 spiro atoms. The lowest BCUT2D eigenvalue weighted by molar-refractivity contribution is 0.247. The van der Waals surface area contributed by atoms with Crippen LogP contribution in [0.15, 0.2) is 54.7 Å². The molecule has 0 radical (unpaired) electrons. The van der Waals surface area contributed by atoms with Gasteiger partial charge in [-0.15, -0.1) is 0 Å². The lowest BCUT2D eigenvalue weighted by atomic mass is 10.0. The number of fused-ring (bicyclic) bond motifs is 3. The average molecular weight is 502 g/mol. The highest BCUT2D eigenvalue weighted by atomic mass is 32.2. The number of nitrogens with one attached hydrogen (secondary N) is 3. The van der Waals surface area contributed by atoms with Crippen molar-refractivity contribution in [3.05, 3.63) is 71.9 Å². The number of ether oxygens (including phenoxy) is 2. The molecule has 1 fully saturated rings. The Hall–Kier alpha value is -3.93. The molecule has 2 heterocycles. The maximum atomic E-state index is 14.2. The number of carbonyl (C=O) groups is 1. The van der Waals surface area contributed by atoms with Gasteiger partial charge in [-0.25, -0.2) is 27.0 Å². The second-order valence-electron chi connectivity index (χ2n) is 8.28. The Morgan fingerprint density at radius 1 is 1.06 bits per heavy atom. The second-order valence-corrected chi connectivity index (χ2v) is 10.0. The van der Waals surface area contributed by atoms with Crippen LogP contribution in [-0.2, 0) is 10.0 Å². The molecule has 1 saturated carbocycles. The number of amides is 2. The van der Waals surface area contributed by atoms with Crippen molar-refractivity contribution in [3.63, 3.8) is 0 Å². The Balaban J connectivity index is 1.16. The van der Waals surface area contributed by atoms with E-state index in [9.17, 15) is 22.0 Å². The van der Waals surface area contributed by atoms with E-state index in [0.717, 1.165) is 18.4 Å². The molecular weight excluding hydrogens is 482 g/mol. The molecule has 0 bridgehead atoms. The number of anilines is 2. The van der Waals surface area contributed by atoms with Crippen molar-refractivity contribution in [1.82, 2.24) is 10.3 Å². The molecule has 12 heteroatoms. The Morgan fingerprint density at radius 3 is 2.46 bits per heavy atom. The SMILES string of the molecule is CS(=O)(=O)Nc1ccc(Oc2ccc(NC(=O)N[C@@H]3[C@@H]4COc5c(F)ccc(F)c5[C@@H]43)nc2)cc1. The molecule has 9 nitrogen and oxygen atoms in total. The van der Waals surface area contributed by atoms with Gasteiger partial charge < -0.3 is 14.8 Å². The van der Waals surface area contributed by atoms with Crippen molar-refractivity contribution in [2.45, 2.75) is 12.0 Å². The Bertz CT molecular complexity index is 1380. The minimum atomic E-state index is -3.37. The van der Waals surface area contributed by atoms with Crippen LogP contribution in [-0.4, -0.2) is 38.3 Å². The monoisotopic (exact) mass is 502 g/mol. The smallest absolute Gasteiger partial charge is 0.320 e. The number of sulfonamides is 1. The number of hydrogen-bond donors (Lipinski definition) is 3. The number of rotatable bonds is 6. The highest BCUT2D eigenvalue weighted by Crippen LogP contribution is 2.55. The topological polar surface area (TPSA) is 119 Å². The summed E-state index contributed by atoms with van der Waals surface area (Å²) in [6.45, 7) is 0.193. The zero-order valence-electron chi connectivity index (χ0n) is 18.3. The lowest BCUT2D eigenvalue weighted by Crippen LogP contribution is -2.32. The first kappa shape index (κ1) is 22.8. The van der Waals surface area contributed by atoms with Crippen molar-refractivity contribution < 1.29 is 31.5 Å². The molecule has 2 amide bonds. The maximum absolute atomic E-state index is 14.2. The fraction of sp³-hybridized carbons (Fsp3) is 0.217. The van der Waals surface area contributed by atoms with E-state index >= 15 is 0 Å². The van der Waals surface area contributed by atoms with Gasteiger partial charge in [0.1, 0.15) is 23.1 Å². The van der Waals surface area contributed by atoms with E-state index in [-0.39, 0.29) is 41.6 Å². The van der Waals surface area contributed by atoms with Crippen LogP contribution in [0.5, 0.6) is 17.2 Å². The second kappa shape index (κ2) is 8.69. The molecule has 182 valence electrons. The molecular formula is C23H20F2N4O5S. The van der Waals surface area contributed by atoms with E-state index < -0.39 is 27.7 Å². The molecule has 1 aromatic heterocycles. The van der Waals surface area contributed by atoms with Crippen LogP contribution >= 0.6 is 0 Å². The summed E-state index contributed by atoms with van der Waals surface area (Å²) >= 11 is 0. The number of aromatic nitrogens is 1. The quantitative estimate of drug-likeness (QED) is 0.472. The summed E-state index contributed by atoms with van der Waals surface area (Å²) in [6, 6.07) is 10.6. The van der Waals surface area contributed by atoms with E-state index in [0.29, 0.717) is 17.2 Å². The Kier molecular flexibility index (Phi) is 5.67. The highest BCUT2D eigenvalue weighted by molar-refractivity contribution is 7.92. The van der Waals surface area contributed by atoms with Crippen molar-refractivity contribution in [1.29, 1.82) is 0 Å². The van der Waals surface area contributed by atoms with E-state index in [1.165, 1.54) is 6.20 Å². The van der Waals surface area contributed by atoms with Crippen molar-refractivity contribution >= 4 is 27.6 Å². The minimum Gasteiger partial charge on any atom is -0.490 e. The summed E-state index contributed by atoms with van der Waals surface area (Å²) in [4.78, 5) is 16.6. The van der Waals surface area contributed by atoms with Gasteiger partial charge in [-0.05, 0) is 48.5 Å². The zero-order chi connectivity index (χ0) is 24.7. The number of halogens is 2. The number of benzene rings is 2. The number of carbonyl (C=O) groups excluding carboxylic acids is 1. The molecule has 0 saturated heterocycles. The van der Waals surface area contributed by atoms with Gasteiger partial charge in [-0.2, -0.15) is 0 Å². The summed E-state index contributed by atoms with van der Waals surface area (Å²) < 4.78 is 64.1. The molecule has 3 aromatic rings. The van der Waals surface area contributed by atoms with Gasteiger partial charge in [0.05, 0.1) is 19.1 Å². The van der Waals surface area contributed by atoms with Crippen LogP contribution in [0.1, 0.15) is 11.5 Å². The van der Waals surface area contributed by atoms with Crippen molar-refractivity contribution in [2.24, 2.45) is 5.92 Å². The van der Waals surface area contributed by atoms with Crippen LogP contribution in [0, 0.1) is 17.6 Å². The fourth-order valence-electron chi connectivity index (χ4n) is 4.12. The van der Waals surface area contributed by atoms with Crippen molar-refractivity contribution in [3.8, 4) is 17.2 Å². The van der Waals surface area contributed by atoms with Gasteiger partial charge in [-0.3, -0.25) is 10.0 Å². The van der Waals surface area contributed by atoms with Gasteiger partial charge >= 0.3 is 6.03 Å². The number of hydrogen-bond acceptors (Lipinski definition) is 6. The van der Waals surface area contributed by atoms with Gasteiger partial charge in [0, 0.05) is 29.1 Å². The predicted molar refractivity (Wildman–Crippen MR) is 123 cm³/mol. The fourth-order valence-corrected chi connectivity index (χ4v) is 4.68. The van der Waals surface area contributed by atoms with Crippen molar-refractivity contribution in [2.75, 3.05) is 22.9 Å². The summed E-state index contributed by atoms with van der Waals surface area (Å²) in [7, 11) is -3.37. The maximum Gasteiger partial charge on any atom is 0.320 e. The van der Waals surface area contributed by atoms with Gasteiger partial charge in [-0.1, -0.05) is 0 Å². The third kappa shape index (κ3) is 4.97. The first-order valence-corrected chi connectivity index (χ1v) is 12.5. The van der Waals surface area contributed by atoms with Crippen LogP contribution in [0.3, 0.4) is 0 Å². The molecule has 35 heavy (non-hydrogen) atoms. The first-order chi connectivity index (χ1) is 16.7. The average Bonchev–Trinajstić information content (AvgIpc) is 3.50. The third-order valence-corrected chi connectivity index (χ3v) is 6.29. The Labute approximate surface area is 199 Å². The highest BCUT2D eigenvalue weighted by Gasteiger charge is 2.57. The zero-order valence-corrected chi connectivity index (χ0v) is 19.1. The lowest BCUT2D eigenvalue weighted by Gasteiger charge is -2.16. The van der Waals surface area contributed by atoms with E-state index in [2.05, 4.69) is 20.3 Å². The standard InChI is InChI=1S/C23H20F2N4O5S/c1-35(31,32)29-12-2-4-13(5-3-12)34-14-6-9-18(26-10-14)27-23(30)28-21-15-11-33-22-17(25)8-7-16(24)20(22)19(15)21/h2-10,15,19,21,29H,11H2,1H3,(H2,26,27,28,30)/t15-,19-,21-/m1/s1. The minimum absolute atomic E-state index is 0.0884. The molecule has 5 rings (SSSR count). The third-order valence-electron chi connectivity index (χ3n) is 5.69. The summed E-state index contributed by atoms with van der Waals surface area (Å²) in [5.41, 5.74) is 0.563. The number of pyridine rings is 1. The molecule has 0 unspecified atom stereocenters. The summed E-state index contributed by atoms with van der Waals surface area (Å²) in [6.07, 6.45) is 2.47. The molecule has 1 aliphatic heterocycles. The van der Waals surface area contributed by atoms with Crippen LogP contribution in [0.25, 0.3) is 0 Å². The number of nitrogens with zero attached hydrogens (tertiary/aromatic N) is 1. The summed E-state index contributed by atoms with van der Waals surface area (Å²) in [5, 5.41) is 5.37. The molecule has 2 aliphatic rings. The van der Waals surface area contributed by atoms with Crippen LogP contribution in [0.2, 0.25) is 0 Å². The predicted octanol–water partition coefficient (Wildman–Crippen LogP) is 3.82. The van der Waals surface area contributed by atoms with E-state index in [1.54, 1.807) is 36.4 Å². The Morgan fingerprint density at radius 2 is 1.77 bits per heavy atom. The summed E-state index contributed by atoms with van der Waals surface area (Å²) in [5.74, 6) is -0.613. The van der Waals surface area contributed by atoms with E-state index in [4.69, 9.17) is 9.47 Å². The molecule has 2 aromatic carbocycles. The number of urea groups is 1.